The van der Waals surface area contributed by atoms with E-state index < -0.39 is 0 Å². The number of nitrogens with zero attached hydrogens (tertiary/aromatic N) is 1. The van der Waals surface area contributed by atoms with Crippen LogP contribution in [-0.2, 0) is 4.84 Å². The van der Waals surface area contributed by atoms with Gasteiger partial charge in [0.05, 0.1) is 6.26 Å². The Kier molecular flexibility index (Phi) is 2.97. The van der Waals surface area contributed by atoms with E-state index in [2.05, 4.69) is 11.1 Å². The van der Waals surface area contributed by atoms with Crippen molar-refractivity contribution >= 4 is 5.71 Å². The van der Waals surface area contributed by atoms with Gasteiger partial charge in [0.15, 0.2) is 12.4 Å². The molecule has 0 spiro atoms. The molecule has 0 bridgehead atoms. The van der Waals surface area contributed by atoms with E-state index in [1.165, 1.54) is 0 Å². The number of furan rings is 1. The lowest BCUT2D eigenvalue weighted by Gasteiger charge is -1.94. The second-order valence-electron chi connectivity index (χ2n) is 2.13. The van der Waals surface area contributed by atoms with Gasteiger partial charge >= 0.3 is 0 Å². The highest BCUT2D eigenvalue weighted by molar-refractivity contribution is 5.95. The van der Waals surface area contributed by atoms with Gasteiger partial charge in [0.1, 0.15) is 5.71 Å². The largest absolute Gasteiger partial charge is 0.463 e. The second kappa shape index (κ2) is 4.24. The average Bonchev–Trinajstić information content (AvgIpc) is 2.56. The second-order valence-corrected chi connectivity index (χ2v) is 2.13. The Hall–Kier alpha value is -1.69. The van der Waals surface area contributed by atoms with Crippen molar-refractivity contribution in [2.75, 3.05) is 6.61 Å². The fourth-order valence-corrected chi connectivity index (χ4v) is 0.696. The van der Waals surface area contributed by atoms with Crippen molar-refractivity contribution in [3.63, 3.8) is 0 Å². The molecule has 1 aromatic rings. The summed E-state index contributed by atoms with van der Waals surface area (Å²) in [6.07, 6.45) is 6.54. The third-order valence-corrected chi connectivity index (χ3v) is 1.23. The number of rotatable bonds is 3. The maximum absolute atomic E-state index is 5.06. The van der Waals surface area contributed by atoms with Crippen LogP contribution in [0.15, 0.2) is 28.0 Å². The van der Waals surface area contributed by atoms with Gasteiger partial charge in [-0.05, 0) is 19.1 Å². The molecule has 3 heteroatoms. The van der Waals surface area contributed by atoms with Crippen molar-refractivity contribution in [3.05, 3.63) is 24.2 Å². The van der Waals surface area contributed by atoms with Gasteiger partial charge in [-0.25, -0.2) is 0 Å². The maximum Gasteiger partial charge on any atom is 0.177 e. The van der Waals surface area contributed by atoms with Crippen LogP contribution in [0.3, 0.4) is 0 Å². The van der Waals surface area contributed by atoms with Crippen molar-refractivity contribution in [3.8, 4) is 12.3 Å². The lowest BCUT2D eigenvalue weighted by Crippen LogP contribution is -1.94. The van der Waals surface area contributed by atoms with Crippen LogP contribution in [0.5, 0.6) is 0 Å². The molecule has 0 aliphatic carbocycles. The molecule has 0 N–H and O–H groups in total. The minimum atomic E-state index is 0.179. The quantitative estimate of drug-likeness (QED) is 0.294. The Morgan fingerprint density at radius 1 is 1.83 bits per heavy atom. The molecule has 0 aliphatic heterocycles. The van der Waals surface area contributed by atoms with Crippen molar-refractivity contribution < 1.29 is 9.25 Å². The summed E-state index contributed by atoms with van der Waals surface area (Å²) in [7, 11) is 0. The van der Waals surface area contributed by atoms with Gasteiger partial charge in [0, 0.05) is 0 Å². The summed E-state index contributed by atoms with van der Waals surface area (Å²) in [6, 6.07) is 3.59. The summed E-state index contributed by atoms with van der Waals surface area (Å²) in [5.41, 5.74) is 0.676. The van der Waals surface area contributed by atoms with Gasteiger partial charge in [-0.3, -0.25) is 0 Å². The van der Waals surface area contributed by atoms with E-state index in [0.29, 0.717) is 11.5 Å². The molecule has 0 aliphatic rings. The molecule has 62 valence electrons. The summed E-state index contributed by atoms with van der Waals surface area (Å²) in [4.78, 5) is 4.76. The van der Waals surface area contributed by atoms with Crippen LogP contribution >= 0.6 is 0 Å². The Morgan fingerprint density at radius 2 is 2.67 bits per heavy atom. The highest BCUT2D eigenvalue weighted by Crippen LogP contribution is 2.01. The SMILES string of the molecule is C#CCO/N=C(\C)c1ccco1. The molecule has 12 heavy (non-hydrogen) atoms. The zero-order valence-electron chi connectivity index (χ0n) is 6.78. The van der Waals surface area contributed by atoms with Gasteiger partial charge in [0.25, 0.3) is 0 Å². The van der Waals surface area contributed by atoms with E-state index in [-0.39, 0.29) is 6.61 Å². The van der Waals surface area contributed by atoms with E-state index in [9.17, 15) is 0 Å². The topological polar surface area (TPSA) is 34.7 Å². The van der Waals surface area contributed by atoms with Gasteiger partial charge in [0.2, 0.25) is 0 Å². The Balaban J connectivity index is 2.54. The highest BCUT2D eigenvalue weighted by atomic mass is 16.6. The summed E-state index contributed by atoms with van der Waals surface area (Å²) in [6.45, 7) is 1.97. The van der Waals surface area contributed by atoms with Crippen LogP contribution in [0.4, 0.5) is 0 Å². The molecular formula is C9H9NO2. The van der Waals surface area contributed by atoms with E-state index in [0.717, 1.165) is 0 Å². The molecule has 1 aromatic heterocycles. The molecule has 0 radical (unpaired) electrons. The van der Waals surface area contributed by atoms with Crippen molar-refractivity contribution in [1.29, 1.82) is 0 Å². The lowest BCUT2D eigenvalue weighted by atomic mass is 10.3. The van der Waals surface area contributed by atoms with Crippen LogP contribution in [-0.4, -0.2) is 12.3 Å². The molecule has 1 heterocycles. The van der Waals surface area contributed by atoms with E-state index in [1.54, 1.807) is 25.3 Å². The minimum absolute atomic E-state index is 0.179. The zero-order valence-corrected chi connectivity index (χ0v) is 6.78. The predicted molar refractivity (Wildman–Crippen MR) is 45.7 cm³/mol. The molecule has 0 atom stereocenters. The Labute approximate surface area is 71.0 Å². The summed E-state index contributed by atoms with van der Waals surface area (Å²) in [5, 5.41) is 3.74. The fraction of sp³-hybridized carbons (Fsp3) is 0.222. The summed E-state index contributed by atoms with van der Waals surface area (Å²) >= 11 is 0. The van der Waals surface area contributed by atoms with Gasteiger partial charge in [-0.1, -0.05) is 11.1 Å². The highest BCUT2D eigenvalue weighted by Gasteiger charge is 1.98. The Bertz CT molecular complexity index is 293. The smallest absolute Gasteiger partial charge is 0.177 e. The van der Waals surface area contributed by atoms with E-state index in [4.69, 9.17) is 15.7 Å². The normalized spacial score (nSPS) is 10.8. The summed E-state index contributed by atoms with van der Waals surface area (Å²) < 4.78 is 5.06. The molecule has 0 saturated heterocycles. The number of hydrogen-bond acceptors (Lipinski definition) is 3. The molecular weight excluding hydrogens is 154 g/mol. The molecule has 3 nitrogen and oxygen atoms in total. The molecule has 0 unspecified atom stereocenters. The molecule has 1 rings (SSSR count). The first kappa shape index (κ1) is 8.41. The molecule has 0 saturated carbocycles. The summed E-state index contributed by atoms with van der Waals surface area (Å²) in [5.74, 6) is 3.00. The van der Waals surface area contributed by atoms with Crippen LogP contribution in [0.1, 0.15) is 12.7 Å². The number of oxime groups is 1. The van der Waals surface area contributed by atoms with Crippen molar-refractivity contribution in [2.24, 2.45) is 5.16 Å². The standard InChI is InChI=1S/C9H9NO2/c1-3-6-12-10-8(2)9-5-4-7-11-9/h1,4-5,7H,6H2,2H3/b10-8+. The first-order valence-electron chi connectivity index (χ1n) is 3.48. The van der Waals surface area contributed by atoms with Crippen molar-refractivity contribution in [1.82, 2.24) is 0 Å². The number of hydrogen-bond donors (Lipinski definition) is 0. The fourth-order valence-electron chi connectivity index (χ4n) is 0.696. The van der Waals surface area contributed by atoms with Crippen LogP contribution in [0.2, 0.25) is 0 Å². The average molecular weight is 163 g/mol. The third-order valence-electron chi connectivity index (χ3n) is 1.23. The van der Waals surface area contributed by atoms with Gasteiger partial charge in [-0.15, -0.1) is 6.42 Å². The lowest BCUT2D eigenvalue weighted by molar-refractivity contribution is 0.179. The van der Waals surface area contributed by atoms with Gasteiger partial charge < -0.3 is 9.25 Å². The van der Waals surface area contributed by atoms with Gasteiger partial charge in [-0.2, -0.15) is 0 Å². The monoisotopic (exact) mass is 163 g/mol. The zero-order chi connectivity index (χ0) is 8.81. The number of terminal acetylenes is 1. The third kappa shape index (κ3) is 2.17. The Morgan fingerprint density at radius 3 is 3.25 bits per heavy atom. The minimum Gasteiger partial charge on any atom is -0.463 e. The first-order chi connectivity index (χ1) is 5.84. The molecule has 0 fully saturated rings. The van der Waals surface area contributed by atoms with E-state index >= 15 is 0 Å². The predicted octanol–water partition coefficient (Wildman–Crippen LogP) is 1.65. The van der Waals surface area contributed by atoms with Crippen LogP contribution < -0.4 is 0 Å². The maximum atomic E-state index is 5.06. The van der Waals surface area contributed by atoms with Crippen LogP contribution in [0, 0.1) is 12.3 Å². The molecule has 0 aromatic carbocycles. The van der Waals surface area contributed by atoms with Crippen LogP contribution in [0.25, 0.3) is 0 Å². The first-order valence-corrected chi connectivity index (χ1v) is 3.48. The molecule has 0 amide bonds. The van der Waals surface area contributed by atoms with E-state index in [1.807, 2.05) is 0 Å². The van der Waals surface area contributed by atoms with Crippen molar-refractivity contribution in [2.45, 2.75) is 6.92 Å².